The van der Waals surface area contributed by atoms with Gasteiger partial charge in [-0.1, -0.05) is 42.5 Å². The van der Waals surface area contributed by atoms with Gasteiger partial charge in [-0.2, -0.15) is 0 Å². The molecule has 0 saturated carbocycles. The summed E-state index contributed by atoms with van der Waals surface area (Å²) in [5.41, 5.74) is 1.54. The van der Waals surface area contributed by atoms with Gasteiger partial charge < -0.3 is 9.64 Å². The summed E-state index contributed by atoms with van der Waals surface area (Å²) < 4.78 is 5.40. The number of nitrogens with zero attached hydrogens (tertiary/aromatic N) is 3. The number of rotatable bonds is 7. The van der Waals surface area contributed by atoms with Crippen LogP contribution in [0.4, 0.5) is 11.4 Å². The van der Waals surface area contributed by atoms with Gasteiger partial charge in [-0.05, 0) is 36.4 Å². The Hall–Kier alpha value is -4.46. The number of amides is 4. The molecule has 0 N–H and O–H groups in total. The van der Waals surface area contributed by atoms with Gasteiger partial charge in [0.15, 0.2) is 0 Å². The fourth-order valence-corrected chi connectivity index (χ4v) is 3.80. The van der Waals surface area contributed by atoms with Crippen LogP contribution in [-0.4, -0.2) is 55.8 Å². The third-order valence-electron chi connectivity index (χ3n) is 5.66. The number of likely N-dealkylation sites (N-methyl/N-ethyl adjacent to an activating group) is 1. The van der Waals surface area contributed by atoms with Crippen molar-refractivity contribution in [2.24, 2.45) is 0 Å². The van der Waals surface area contributed by atoms with Crippen molar-refractivity contribution in [3.8, 4) is 5.75 Å². The Balaban J connectivity index is 1.62. The molecule has 0 spiro atoms. The molecule has 0 atom stereocenters. The molecule has 8 nitrogen and oxygen atoms in total. The lowest BCUT2D eigenvalue weighted by molar-refractivity contribution is -0.122. The number of carbonyl (C=O) groups excluding carboxylic acids is 4. The van der Waals surface area contributed by atoms with Crippen LogP contribution < -0.4 is 14.5 Å². The number of carbonyl (C=O) groups is 4. The van der Waals surface area contributed by atoms with E-state index in [1.807, 2.05) is 18.2 Å². The van der Waals surface area contributed by atoms with Crippen molar-refractivity contribution in [1.29, 1.82) is 0 Å². The largest absolute Gasteiger partial charge is 0.495 e. The maximum absolute atomic E-state index is 13.5. The van der Waals surface area contributed by atoms with E-state index in [2.05, 4.69) is 0 Å². The molecular formula is C26H23N3O5. The lowest BCUT2D eigenvalue weighted by Crippen LogP contribution is -2.47. The first-order valence-corrected chi connectivity index (χ1v) is 10.6. The van der Waals surface area contributed by atoms with E-state index in [1.54, 1.807) is 67.7 Å². The molecule has 8 heteroatoms. The van der Waals surface area contributed by atoms with Gasteiger partial charge in [0.2, 0.25) is 11.8 Å². The SMILES string of the molecule is COc1ccccc1N(CC(=O)N(C)c1ccccc1)C(=O)CN1C(=O)c2ccccc2C1=O. The Morgan fingerprint density at radius 2 is 1.35 bits per heavy atom. The number of imide groups is 1. The lowest BCUT2D eigenvalue weighted by atomic mass is 10.1. The highest BCUT2D eigenvalue weighted by molar-refractivity contribution is 6.23. The zero-order valence-electron chi connectivity index (χ0n) is 18.8. The fraction of sp³-hybridized carbons (Fsp3) is 0.154. The third kappa shape index (κ3) is 4.25. The number of hydrogen-bond acceptors (Lipinski definition) is 5. The van der Waals surface area contributed by atoms with E-state index in [0.717, 1.165) is 4.90 Å². The Labute approximate surface area is 196 Å². The Morgan fingerprint density at radius 1 is 0.794 bits per heavy atom. The average Bonchev–Trinajstić information content (AvgIpc) is 3.12. The van der Waals surface area contributed by atoms with Gasteiger partial charge in [-0.15, -0.1) is 0 Å². The summed E-state index contributed by atoms with van der Waals surface area (Å²) in [5, 5.41) is 0. The normalized spacial score (nSPS) is 12.4. The van der Waals surface area contributed by atoms with E-state index in [-0.39, 0.29) is 23.6 Å². The van der Waals surface area contributed by atoms with E-state index in [1.165, 1.54) is 16.9 Å². The van der Waals surface area contributed by atoms with Crippen molar-refractivity contribution in [1.82, 2.24) is 4.90 Å². The molecule has 1 aliphatic heterocycles. The van der Waals surface area contributed by atoms with Gasteiger partial charge in [0.1, 0.15) is 18.8 Å². The topological polar surface area (TPSA) is 87.2 Å². The molecule has 172 valence electrons. The van der Waals surface area contributed by atoms with Crippen molar-refractivity contribution < 1.29 is 23.9 Å². The molecule has 0 radical (unpaired) electrons. The molecule has 0 bridgehead atoms. The van der Waals surface area contributed by atoms with Gasteiger partial charge >= 0.3 is 0 Å². The molecule has 1 heterocycles. The van der Waals surface area contributed by atoms with Gasteiger partial charge in [0, 0.05) is 12.7 Å². The highest BCUT2D eigenvalue weighted by Crippen LogP contribution is 2.29. The van der Waals surface area contributed by atoms with Gasteiger partial charge in [-0.3, -0.25) is 29.0 Å². The smallest absolute Gasteiger partial charge is 0.262 e. The van der Waals surface area contributed by atoms with E-state index in [0.29, 0.717) is 17.1 Å². The van der Waals surface area contributed by atoms with Gasteiger partial charge in [-0.25, -0.2) is 0 Å². The first-order chi connectivity index (χ1) is 16.4. The maximum Gasteiger partial charge on any atom is 0.262 e. The third-order valence-corrected chi connectivity index (χ3v) is 5.66. The second-order valence-corrected chi connectivity index (χ2v) is 7.68. The second kappa shape index (κ2) is 9.58. The van der Waals surface area contributed by atoms with Crippen molar-refractivity contribution in [3.63, 3.8) is 0 Å². The van der Waals surface area contributed by atoms with Gasteiger partial charge in [0.25, 0.3) is 11.8 Å². The molecule has 4 amide bonds. The summed E-state index contributed by atoms with van der Waals surface area (Å²) in [6, 6.07) is 22.2. The molecule has 3 aromatic rings. The summed E-state index contributed by atoms with van der Waals surface area (Å²) in [4.78, 5) is 55.7. The van der Waals surface area contributed by atoms with E-state index in [9.17, 15) is 19.2 Å². The second-order valence-electron chi connectivity index (χ2n) is 7.68. The van der Waals surface area contributed by atoms with E-state index >= 15 is 0 Å². The monoisotopic (exact) mass is 457 g/mol. The van der Waals surface area contributed by atoms with Crippen LogP contribution in [-0.2, 0) is 9.59 Å². The summed E-state index contributed by atoms with van der Waals surface area (Å²) >= 11 is 0. The van der Waals surface area contributed by atoms with Crippen molar-refractivity contribution >= 4 is 35.0 Å². The number of methoxy groups -OCH3 is 1. The lowest BCUT2D eigenvalue weighted by Gasteiger charge is -2.28. The Kier molecular flexibility index (Phi) is 6.40. The molecule has 1 aliphatic rings. The first kappa shape index (κ1) is 22.7. The zero-order chi connectivity index (χ0) is 24.2. The fourth-order valence-electron chi connectivity index (χ4n) is 3.80. The minimum Gasteiger partial charge on any atom is -0.495 e. The molecular weight excluding hydrogens is 434 g/mol. The van der Waals surface area contributed by atoms with Crippen molar-refractivity contribution in [2.75, 3.05) is 37.0 Å². The maximum atomic E-state index is 13.5. The Bertz CT molecular complexity index is 1220. The van der Waals surface area contributed by atoms with Crippen LogP contribution in [0.1, 0.15) is 20.7 Å². The number of anilines is 2. The van der Waals surface area contributed by atoms with Gasteiger partial charge in [0.05, 0.1) is 23.9 Å². The minimum absolute atomic E-state index is 0.254. The minimum atomic E-state index is -0.589. The highest BCUT2D eigenvalue weighted by atomic mass is 16.5. The van der Waals surface area contributed by atoms with E-state index < -0.39 is 24.3 Å². The van der Waals surface area contributed by atoms with Crippen molar-refractivity contribution in [3.05, 3.63) is 90.0 Å². The number of ether oxygens (including phenoxy) is 1. The molecule has 0 fully saturated rings. The predicted octanol–water partition coefficient (Wildman–Crippen LogP) is 2.99. The van der Waals surface area contributed by atoms with Crippen LogP contribution in [0.5, 0.6) is 5.75 Å². The highest BCUT2D eigenvalue weighted by Gasteiger charge is 2.38. The molecule has 0 saturated heterocycles. The first-order valence-electron chi connectivity index (χ1n) is 10.6. The number of para-hydroxylation sites is 3. The predicted molar refractivity (Wildman–Crippen MR) is 127 cm³/mol. The molecule has 0 unspecified atom stereocenters. The summed E-state index contributed by atoms with van der Waals surface area (Å²) in [7, 11) is 3.08. The average molecular weight is 457 g/mol. The van der Waals surface area contributed by atoms with Crippen LogP contribution in [0.2, 0.25) is 0 Å². The number of hydrogen-bond donors (Lipinski definition) is 0. The summed E-state index contributed by atoms with van der Waals surface area (Å²) in [6.07, 6.45) is 0. The molecule has 0 aliphatic carbocycles. The molecule has 34 heavy (non-hydrogen) atoms. The molecule has 3 aromatic carbocycles. The van der Waals surface area contributed by atoms with Crippen LogP contribution in [0.3, 0.4) is 0 Å². The standard InChI is InChI=1S/C26H23N3O5/c1-27(18-10-4-3-5-11-18)23(30)16-28(21-14-8-9-15-22(21)34-2)24(31)17-29-25(32)19-12-6-7-13-20(19)26(29)33/h3-15H,16-17H2,1-2H3. The van der Waals surface area contributed by atoms with Crippen LogP contribution >= 0.6 is 0 Å². The van der Waals surface area contributed by atoms with Crippen LogP contribution in [0, 0.1) is 0 Å². The van der Waals surface area contributed by atoms with Crippen LogP contribution in [0.15, 0.2) is 78.9 Å². The van der Waals surface area contributed by atoms with Crippen LogP contribution in [0.25, 0.3) is 0 Å². The molecule has 4 rings (SSSR count). The summed E-state index contributed by atoms with van der Waals surface area (Å²) in [6.45, 7) is -0.819. The zero-order valence-corrected chi connectivity index (χ0v) is 18.8. The summed E-state index contributed by atoms with van der Waals surface area (Å²) in [5.74, 6) is -1.64. The number of fused-ring (bicyclic) bond motifs is 1. The van der Waals surface area contributed by atoms with Crippen molar-refractivity contribution in [2.45, 2.75) is 0 Å². The Morgan fingerprint density at radius 3 is 1.97 bits per heavy atom. The quantitative estimate of drug-likeness (QED) is 0.509. The molecule has 0 aromatic heterocycles. The van der Waals surface area contributed by atoms with E-state index in [4.69, 9.17) is 4.74 Å². The number of benzene rings is 3.